The number of hydrogen-bond acceptors (Lipinski definition) is 2. The Morgan fingerprint density at radius 3 is 2.69 bits per heavy atom. The molecule has 0 aromatic heterocycles. The lowest BCUT2D eigenvalue weighted by molar-refractivity contribution is 0.175. The van der Waals surface area contributed by atoms with Crippen LogP contribution in [0.4, 0.5) is 0 Å². The summed E-state index contributed by atoms with van der Waals surface area (Å²) in [6.07, 6.45) is 8.47. The van der Waals surface area contributed by atoms with Gasteiger partial charge in [-0.25, -0.2) is 0 Å². The maximum atomic E-state index is 3.91. The van der Waals surface area contributed by atoms with Crippen LogP contribution in [0.25, 0.3) is 0 Å². The van der Waals surface area contributed by atoms with E-state index in [0.717, 1.165) is 18.0 Å². The molecule has 2 aliphatic rings. The Balaban J connectivity index is 1.75. The standard InChI is InChI=1S/C14H28N2/c1-3-16-9-5-8-14(11-16)15-13-7-4-6-12(2)10-13/h12-15H,3-11H2,1-2H3. The van der Waals surface area contributed by atoms with Gasteiger partial charge in [0.05, 0.1) is 0 Å². The number of rotatable bonds is 3. The van der Waals surface area contributed by atoms with Crippen LogP contribution >= 0.6 is 0 Å². The highest BCUT2D eigenvalue weighted by atomic mass is 15.2. The van der Waals surface area contributed by atoms with Crippen molar-refractivity contribution in [2.45, 2.75) is 64.5 Å². The molecule has 3 atom stereocenters. The maximum Gasteiger partial charge on any atom is 0.0198 e. The van der Waals surface area contributed by atoms with Crippen LogP contribution < -0.4 is 5.32 Å². The fraction of sp³-hybridized carbons (Fsp3) is 1.00. The number of nitrogens with zero attached hydrogens (tertiary/aromatic N) is 1. The Labute approximate surface area is 101 Å². The van der Waals surface area contributed by atoms with Gasteiger partial charge in [-0.1, -0.05) is 26.7 Å². The van der Waals surface area contributed by atoms with Crippen LogP contribution in [0.5, 0.6) is 0 Å². The Bertz CT molecular complexity index is 205. The fourth-order valence-corrected chi connectivity index (χ4v) is 3.40. The third-order valence-electron chi connectivity index (χ3n) is 4.36. The molecule has 2 heteroatoms. The molecule has 2 fully saturated rings. The summed E-state index contributed by atoms with van der Waals surface area (Å²) < 4.78 is 0. The minimum atomic E-state index is 0.768. The smallest absolute Gasteiger partial charge is 0.0198 e. The van der Waals surface area contributed by atoms with Crippen molar-refractivity contribution < 1.29 is 0 Å². The van der Waals surface area contributed by atoms with Crippen LogP contribution in [0.2, 0.25) is 0 Å². The topological polar surface area (TPSA) is 15.3 Å². The first-order valence-corrected chi connectivity index (χ1v) is 7.26. The summed E-state index contributed by atoms with van der Waals surface area (Å²) in [6.45, 7) is 8.51. The molecule has 0 amide bonds. The molecule has 1 aliphatic carbocycles. The number of nitrogens with one attached hydrogen (secondary N) is 1. The highest BCUT2D eigenvalue weighted by Crippen LogP contribution is 2.24. The second-order valence-corrected chi connectivity index (χ2v) is 5.87. The average molecular weight is 224 g/mol. The molecule has 1 N–H and O–H groups in total. The molecular weight excluding hydrogens is 196 g/mol. The molecule has 0 radical (unpaired) electrons. The van der Waals surface area contributed by atoms with Crippen molar-refractivity contribution in [2.75, 3.05) is 19.6 Å². The molecule has 0 aromatic carbocycles. The van der Waals surface area contributed by atoms with Crippen molar-refractivity contribution in [1.82, 2.24) is 10.2 Å². The molecular formula is C14H28N2. The van der Waals surface area contributed by atoms with Crippen molar-refractivity contribution >= 4 is 0 Å². The van der Waals surface area contributed by atoms with E-state index in [2.05, 4.69) is 24.1 Å². The predicted octanol–water partition coefficient (Wildman–Crippen LogP) is 2.64. The molecule has 0 spiro atoms. The summed E-state index contributed by atoms with van der Waals surface area (Å²) >= 11 is 0. The first-order valence-electron chi connectivity index (χ1n) is 7.26. The molecule has 16 heavy (non-hydrogen) atoms. The molecule has 1 heterocycles. The lowest BCUT2D eigenvalue weighted by atomic mass is 9.86. The van der Waals surface area contributed by atoms with E-state index >= 15 is 0 Å². The largest absolute Gasteiger partial charge is 0.310 e. The number of likely N-dealkylation sites (N-methyl/N-ethyl adjacent to an activating group) is 1. The predicted molar refractivity (Wildman–Crippen MR) is 69.7 cm³/mol. The van der Waals surface area contributed by atoms with Crippen LogP contribution in [-0.2, 0) is 0 Å². The molecule has 94 valence electrons. The minimum Gasteiger partial charge on any atom is -0.310 e. The Kier molecular flexibility index (Phi) is 4.66. The lowest BCUT2D eigenvalue weighted by Crippen LogP contribution is -2.49. The van der Waals surface area contributed by atoms with Gasteiger partial charge >= 0.3 is 0 Å². The summed E-state index contributed by atoms with van der Waals surface area (Å²) in [5.41, 5.74) is 0. The van der Waals surface area contributed by atoms with Crippen molar-refractivity contribution in [1.29, 1.82) is 0 Å². The van der Waals surface area contributed by atoms with Gasteiger partial charge in [0.2, 0.25) is 0 Å². The zero-order chi connectivity index (χ0) is 11.4. The highest BCUT2D eigenvalue weighted by Gasteiger charge is 2.24. The summed E-state index contributed by atoms with van der Waals surface area (Å²) in [6, 6.07) is 1.58. The van der Waals surface area contributed by atoms with Crippen LogP contribution in [0.3, 0.4) is 0 Å². The summed E-state index contributed by atoms with van der Waals surface area (Å²) in [7, 11) is 0. The molecule has 1 saturated carbocycles. The average Bonchev–Trinajstić information content (AvgIpc) is 2.29. The van der Waals surface area contributed by atoms with Gasteiger partial charge in [-0.3, -0.25) is 0 Å². The summed E-state index contributed by atoms with van der Waals surface area (Å²) in [5, 5.41) is 3.91. The molecule has 0 bridgehead atoms. The number of hydrogen-bond donors (Lipinski definition) is 1. The van der Waals surface area contributed by atoms with Crippen LogP contribution in [0.15, 0.2) is 0 Å². The second kappa shape index (κ2) is 6.02. The fourth-order valence-electron chi connectivity index (χ4n) is 3.40. The Morgan fingerprint density at radius 2 is 1.94 bits per heavy atom. The van der Waals surface area contributed by atoms with E-state index in [1.54, 1.807) is 0 Å². The van der Waals surface area contributed by atoms with Gasteiger partial charge in [-0.15, -0.1) is 0 Å². The number of piperidine rings is 1. The van der Waals surface area contributed by atoms with E-state index in [0.29, 0.717) is 0 Å². The molecule has 0 aromatic rings. The van der Waals surface area contributed by atoms with Crippen molar-refractivity contribution in [3.63, 3.8) is 0 Å². The van der Waals surface area contributed by atoms with Gasteiger partial charge in [0.1, 0.15) is 0 Å². The van der Waals surface area contributed by atoms with E-state index in [1.165, 1.54) is 58.2 Å². The quantitative estimate of drug-likeness (QED) is 0.793. The second-order valence-electron chi connectivity index (χ2n) is 5.87. The van der Waals surface area contributed by atoms with Gasteiger partial charge in [-0.2, -0.15) is 0 Å². The highest BCUT2D eigenvalue weighted by molar-refractivity contribution is 4.83. The maximum absolute atomic E-state index is 3.91. The summed E-state index contributed by atoms with van der Waals surface area (Å²) in [4.78, 5) is 2.59. The van der Waals surface area contributed by atoms with Crippen molar-refractivity contribution in [3.05, 3.63) is 0 Å². The van der Waals surface area contributed by atoms with Crippen molar-refractivity contribution in [3.8, 4) is 0 Å². The van der Waals surface area contributed by atoms with E-state index < -0.39 is 0 Å². The van der Waals surface area contributed by atoms with Crippen LogP contribution in [-0.4, -0.2) is 36.6 Å². The first kappa shape index (κ1) is 12.4. The zero-order valence-corrected chi connectivity index (χ0v) is 11.0. The van der Waals surface area contributed by atoms with Crippen LogP contribution in [0.1, 0.15) is 52.4 Å². The Morgan fingerprint density at radius 1 is 1.12 bits per heavy atom. The van der Waals surface area contributed by atoms with Gasteiger partial charge < -0.3 is 10.2 Å². The third kappa shape index (κ3) is 3.46. The summed E-state index contributed by atoms with van der Waals surface area (Å²) in [5.74, 6) is 0.942. The van der Waals surface area contributed by atoms with Crippen LogP contribution in [0, 0.1) is 5.92 Å². The van der Waals surface area contributed by atoms with E-state index in [1.807, 2.05) is 0 Å². The lowest BCUT2D eigenvalue weighted by Gasteiger charge is -2.37. The van der Waals surface area contributed by atoms with E-state index in [9.17, 15) is 0 Å². The zero-order valence-electron chi connectivity index (χ0n) is 11.0. The number of likely N-dealkylation sites (tertiary alicyclic amines) is 1. The molecule has 2 nitrogen and oxygen atoms in total. The SMILES string of the molecule is CCN1CCCC(NC2CCCC(C)C2)C1. The van der Waals surface area contributed by atoms with E-state index in [4.69, 9.17) is 0 Å². The monoisotopic (exact) mass is 224 g/mol. The minimum absolute atomic E-state index is 0.768. The van der Waals surface area contributed by atoms with Crippen molar-refractivity contribution in [2.24, 2.45) is 5.92 Å². The molecule has 1 saturated heterocycles. The Hall–Kier alpha value is -0.0800. The molecule has 2 rings (SSSR count). The normalized spacial score (nSPS) is 37.5. The van der Waals surface area contributed by atoms with Gasteiger partial charge in [0, 0.05) is 18.6 Å². The van der Waals surface area contributed by atoms with Gasteiger partial charge in [0.15, 0.2) is 0 Å². The molecule has 3 unspecified atom stereocenters. The first-order chi connectivity index (χ1) is 7.78. The molecule has 1 aliphatic heterocycles. The van der Waals surface area contributed by atoms with E-state index in [-0.39, 0.29) is 0 Å². The van der Waals surface area contributed by atoms with Gasteiger partial charge in [-0.05, 0) is 44.7 Å². The van der Waals surface area contributed by atoms with Gasteiger partial charge in [0.25, 0.3) is 0 Å². The third-order valence-corrected chi connectivity index (χ3v) is 4.36.